The summed E-state index contributed by atoms with van der Waals surface area (Å²) in [4.78, 5) is 18.2. The molecule has 4 rings (SSSR count). The van der Waals surface area contributed by atoms with Crippen molar-refractivity contribution in [2.24, 2.45) is 0 Å². The second-order valence-electron chi connectivity index (χ2n) is 6.54. The van der Waals surface area contributed by atoms with Gasteiger partial charge in [-0.05, 0) is 37.0 Å². The molecule has 2 aliphatic rings. The van der Waals surface area contributed by atoms with E-state index in [4.69, 9.17) is 0 Å². The molecule has 1 aliphatic heterocycles. The first-order valence-corrected chi connectivity index (χ1v) is 8.36. The highest BCUT2D eigenvalue weighted by Gasteiger charge is 2.40. The highest BCUT2D eigenvalue weighted by Crippen LogP contribution is 2.40. The average molecular weight is 329 g/mol. The first-order chi connectivity index (χ1) is 11.7. The normalized spacial score (nSPS) is 24.0. The Bertz CT molecular complexity index is 694. The van der Waals surface area contributed by atoms with E-state index in [1.165, 1.54) is 12.1 Å². The van der Waals surface area contributed by atoms with E-state index in [-0.39, 0.29) is 17.9 Å². The van der Waals surface area contributed by atoms with Crippen LogP contribution in [-0.4, -0.2) is 44.8 Å². The molecule has 6 nitrogen and oxygen atoms in total. The van der Waals surface area contributed by atoms with Crippen LogP contribution in [0.4, 0.5) is 9.18 Å². The van der Waals surface area contributed by atoms with Crippen molar-refractivity contribution < 1.29 is 9.18 Å². The van der Waals surface area contributed by atoms with Gasteiger partial charge >= 0.3 is 6.03 Å². The monoisotopic (exact) mass is 329 g/mol. The van der Waals surface area contributed by atoms with Crippen molar-refractivity contribution in [3.8, 4) is 0 Å². The quantitative estimate of drug-likeness (QED) is 0.940. The molecule has 1 saturated heterocycles. The number of urea groups is 1. The number of nitrogens with zero attached hydrogens (tertiary/aromatic N) is 4. The molecule has 24 heavy (non-hydrogen) atoms. The van der Waals surface area contributed by atoms with Crippen molar-refractivity contribution in [2.45, 2.75) is 37.3 Å². The molecular formula is C17H20FN5O. The Hall–Kier alpha value is -2.44. The molecule has 2 heterocycles. The van der Waals surface area contributed by atoms with Gasteiger partial charge in [-0.2, -0.15) is 5.10 Å². The van der Waals surface area contributed by atoms with Gasteiger partial charge < -0.3 is 10.2 Å². The van der Waals surface area contributed by atoms with Gasteiger partial charge in [0.2, 0.25) is 0 Å². The number of piperidine rings is 1. The smallest absolute Gasteiger partial charge is 0.317 e. The lowest BCUT2D eigenvalue weighted by atomic mass is 10.1. The van der Waals surface area contributed by atoms with E-state index in [9.17, 15) is 9.18 Å². The summed E-state index contributed by atoms with van der Waals surface area (Å²) in [5.74, 6) is 0.0810. The van der Waals surface area contributed by atoms with Crippen molar-refractivity contribution in [2.75, 3.05) is 13.1 Å². The number of hydrogen-bond donors (Lipinski definition) is 1. The number of carbonyl (C=O) groups excluding carboxylic acids is 1. The van der Waals surface area contributed by atoms with Crippen LogP contribution in [0.2, 0.25) is 0 Å². The third-order valence-electron chi connectivity index (χ3n) is 4.96. The number of likely N-dealkylation sites (tertiary alicyclic amines) is 1. The summed E-state index contributed by atoms with van der Waals surface area (Å²) in [6, 6.07) is 7.04. The first-order valence-electron chi connectivity index (χ1n) is 8.36. The Kier molecular flexibility index (Phi) is 3.92. The van der Waals surface area contributed by atoms with E-state index in [1.54, 1.807) is 24.8 Å². The van der Waals surface area contributed by atoms with Crippen LogP contribution in [0.1, 0.15) is 36.8 Å². The van der Waals surface area contributed by atoms with E-state index < -0.39 is 0 Å². The molecule has 1 aromatic carbocycles. The molecule has 0 unspecified atom stereocenters. The Morgan fingerprint density at radius 3 is 2.62 bits per heavy atom. The minimum Gasteiger partial charge on any atom is -0.335 e. The average Bonchev–Trinajstić information content (AvgIpc) is 3.15. The van der Waals surface area contributed by atoms with Gasteiger partial charge in [0, 0.05) is 25.0 Å². The van der Waals surface area contributed by atoms with Crippen molar-refractivity contribution in [3.63, 3.8) is 0 Å². The van der Waals surface area contributed by atoms with Crippen LogP contribution in [0, 0.1) is 5.82 Å². The third kappa shape index (κ3) is 3.11. The molecule has 0 radical (unpaired) electrons. The fraction of sp³-hybridized carbons (Fsp3) is 0.471. The molecule has 0 spiro atoms. The van der Waals surface area contributed by atoms with E-state index in [0.717, 1.165) is 37.9 Å². The molecule has 2 amide bonds. The number of aromatic nitrogens is 3. The summed E-state index contributed by atoms with van der Waals surface area (Å²) in [6.07, 6.45) is 5.98. The minimum atomic E-state index is -0.227. The van der Waals surface area contributed by atoms with Crippen LogP contribution in [0.5, 0.6) is 0 Å². The minimum absolute atomic E-state index is 0.00153. The van der Waals surface area contributed by atoms with Crippen LogP contribution in [0.25, 0.3) is 0 Å². The highest BCUT2D eigenvalue weighted by atomic mass is 19.1. The number of nitrogens with one attached hydrogen (secondary N) is 1. The zero-order valence-corrected chi connectivity index (χ0v) is 13.3. The summed E-state index contributed by atoms with van der Waals surface area (Å²) >= 11 is 0. The van der Waals surface area contributed by atoms with Gasteiger partial charge in [0.25, 0.3) is 0 Å². The van der Waals surface area contributed by atoms with Gasteiger partial charge in [0.15, 0.2) is 0 Å². The van der Waals surface area contributed by atoms with Crippen molar-refractivity contribution >= 4 is 6.03 Å². The van der Waals surface area contributed by atoms with Crippen molar-refractivity contribution in [1.29, 1.82) is 0 Å². The van der Waals surface area contributed by atoms with Crippen LogP contribution < -0.4 is 5.32 Å². The Morgan fingerprint density at radius 1 is 1.21 bits per heavy atom. The van der Waals surface area contributed by atoms with Crippen molar-refractivity contribution in [1.82, 2.24) is 25.0 Å². The number of carbonyl (C=O) groups is 1. The van der Waals surface area contributed by atoms with Gasteiger partial charge in [-0.15, -0.1) is 0 Å². The van der Waals surface area contributed by atoms with E-state index in [1.807, 2.05) is 9.58 Å². The summed E-state index contributed by atoms with van der Waals surface area (Å²) < 4.78 is 14.8. The lowest BCUT2D eigenvalue weighted by Crippen LogP contribution is -2.45. The van der Waals surface area contributed by atoms with E-state index in [0.29, 0.717) is 12.0 Å². The molecule has 2 aromatic rings. The third-order valence-corrected chi connectivity index (χ3v) is 4.96. The van der Waals surface area contributed by atoms with E-state index in [2.05, 4.69) is 15.4 Å². The zero-order valence-electron chi connectivity index (χ0n) is 13.3. The molecule has 2 fully saturated rings. The highest BCUT2D eigenvalue weighted by molar-refractivity contribution is 5.75. The van der Waals surface area contributed by atoms with Gasteiger partial charge in [-0.25, -0.2) is 18.9 Å². The number of amides is 2. The van der Waals surface area contributed by atoms with Crippen LogP contribution in [-0.2, 0) is 0 Å². The standard InChI is InChI=1S/C17H20FN5O/c18-13-3-1-12(2-4-13)15-9-16(15)21-17(24)22-7-5-14(6-8-22)23-11-19-10-20-23/h1-4,10-11,14-16H,5-9H2,(H,21,24)/t15-,16+/m0/s1. The summed E-state index contributed by atoms with van der Waals surface area (Å²) in [5.41, 5.74) is 1.09. The lowest BCUT2D eigenvalue weighted by molar-refractivity contribution is 0.168. The molecular weight excluding hydrogens is 309 g/mol. The van der Waals surface area contributed by atoms with Gasteiger partial charge in [0.1, 0.15) is 18.5 Å². The second kappa shape index (κ2) is 6.22. The predicted octanol–water partition coefficient (Wildman–Crippen LogP) is 2.32. The van der Waals surface area contributed by atoms with Crippen LogP contribution in [0.3, 0.4) is 0 Å². The summed E-state index contributed by atoms with van der Waals surface area (Å²) in [6.45, 7) is 1.45. The zero-order chi connectivity index (χ0) is 16.5. The summed E-state index contributed by atoms with van der Waals surface area (Å²) in [5, 5.41) is 7.27. The van der Waals surface area contributed by atoms with Crippen LogP contribution in [0.15, 0.2) is 36.9 Å². The number of halogens is 1. The molecule has 7 heteroatoms. The van der Waals surface area contributed by atoms with Crippen LogP contribution >= 0.6 is 0 Å². The first kappa shape index (κ1) is 15.1. The largest absolute Gasteiger partial charge is 0.335 e. The topological polar surface area (TPSA) is 63.1 Å². The maximum Gasteiger partial charge on any atom is 0.317 e. The lowest BCUT2D eigenvalue weighted by Gasteiger charge is -2.32. The van der Waals surface area contributed by atoms with Gasteiger partial charge in [-0.1, -0.05) is 12.1 Å². The maximum absolute atomic E-state index is 13.0. The van der Waals surface area contributed by atoms with E-state index >= 15 is 0 Å². The predicted molar refractivity (Wildman–Crippen MR) is 85.9 cm³/mol. The molecule has 0 bridgehead atoms. The van der Waals surface area contributed by atoms with Gasteiger partial charge in [0.05, 0.1) is 6.04 Å². The Balaban J connectivity index is 1.27. The molecule has 1 aromatic heterocycles. The second-order valence-corrected chi connectivity index (χ2v) is 6.54. The Labute approximate surface area is 139 Å². The molecule has 1 saturated carbocycles. The number of benzene rings is 1. The number of rotatable bonds is 3. The molecule has 126 valence electrons. The number of hydrogen-bond acceptors (Lipinski definition) is 3. The molecule has 2 atom stereocenters. The molecule has 1 N–H and O–H groups in total. The fourth-order valence-corrected chi connectivity index (χ4v) is 3.42. The summed E-state index contributed by atoms with van der Waals surface area (Å²) in [7, 11) is 0. The maximum atomic E-state index is 13.0. The molecule has 1 aliphatic carbocycles. The Morgan fingerprint density at radius 2 is 1.96 bits per heavy atom. The van der Waals surface area contributed by atoms with Crippen molar-refractivity contribution in [3.05, 3.63) is 48.3 Å². The SMILES string of the molecule is O=C(N[C@@H]1C[C@H]1c1ccc(F)cc1)N1CCC(n2cncn2)CC1. The fourth-order valence-electron chi connectivity index (χ4n) is 3.42. The van der Waals surface area contributed by atoms with Gasteiger partial charge in [-0.3, -0.25) is 0 Å².